The van der Waals surface area contributed by atoms with Crippen molar-refractivity contribution in [2.75, 3.05) is 32.9 Å². The number of fused-ring (bicyclic) bond motifs is 1. The molecular weight excluding hydrogens is 563 g/mol. The first-order valence-corrected chi connectivity index (χ1v) is 13.9. The number of halogens is 5. The monoisotopic (exact) mass is 590 g/mol. The predicted octanol–water partition coefficient (Wildman–Crippen LogP) is -0.690. The van der Waals surface area contributed by atoms with Gasteiger partial charge in [0, 0.05) is 65.5 Å². The van der Waals surface area contributed by atoms with Crippen LogP contribution >= 0.6 is 0 Å². The Balaban J connectivity index is 1.59. The number of phenolic OH excluding ortho intramolecular Hbond substituents is 1. The maximum Gasteiger partial charge on any atom is 0.416 e. The molecule has 5 rings (SSSR count). The predicted molar refractivity (Wildman–Crippen MR) is 168 cm³/mol. The first kappa shape index (κ1) is 30.7. The van der Waals surface area contributed by atoms with Crippen LogP contribution in [0.3, 0.4) is 0 Å². The highest BCUT2D eigenvalue weighted by molar-refractivity contribution is 6.61. The summed E-state index contributed by atoms with van der Waals surface area (Å²) < 4.78 is 73.9. The third-order valence-electron chi connectivity index (χ3n) is 8.35. The van der Waals surface area contributed by atoms with Crippen LogP contribution in [0, 0.1) is 11.7 Å². The molecule has 1 fully saturated rings. The van der Waals surface area contributed by atoms with E-state index in [1.54, 1.807) is 15.7 Å². The molecule has 14 heteroatoms. The van der Waals surface area contributed by atoms with Gasteiger partial charge in [0.1, 0.15) is 55.3 Å². The summed E-state index contributed by atoms with van der Waals surface area (Å²) >= 11 is 0. The normalized spacial score (nSPS) is 14.2. The summed E-state index contributed by atoms with van der Waals surface area (Å²) in [7, 11) is 7.26. The fourth-order valence-electron chi connectivity index (χ4n) is 5.73. The number of pyridine rings is 1. The van der Waals surface area contributed by atoms with Crippen molar-refractivity contribution in [3.05, 3.63) is 65.1 Å². The number of alkyl halides is 4. The molecule has 1 aliphatic heterocycles. The van der Waals surface area contributed by atoms with E-state index in [9.17, 15) is 27.5 Å². The number of phenols is 1. The summed E-state index contributed by atoms with van der Waals surface area (Å²) in [6, 6.07) is 6.39. The Morgan fingerprint density at radius 2 is 1.65 bits per heavy atom. The van der Waals surface area contributed by atoms with E-state index >= 15 is 4.39 Å². The molecule has 1 saturated heterocycles. The van der Waals surface area contributed by atoms with Gasteiger partial charge in [-0.25, -0.2) is 4.39 Å². The fraction of sp³-hybridized carbons (Fsp3) is 0.241. The highest BCUT2D eigenvalue weighted by Gasteiger charge is 2.32. The second-order valence-corrected chi connectivity index (χ2v) is 11.1. The molecular formula is C29H27B4F5N2O3. The van der Waals surface area contributed by atoms with Crippen LogP contribution in [-0.4, -0.2) is 85.1 Å². The Morgan fingerprint density at radius 3 is 2.26 bits per heavy atom. The number of nitrogens with zero attached hydrogens (tertiary/aromatic N) is 2. The minimum Gasteiger partial charge on any atom is -0.508 e. The molecule has 0 spiro atoms. The number of benzene rings is 3. The van der Waals surface area contributed by atoms with Crippen molar-refractivity contribution in [3.8, 4) is 22.6 Å². The molecule has 0 radical (unpaired) electrons. The van der Waals surface area contributed by atoms with Crippen molar-refractivity contribution < 1.29 is 36.6 Å². The van der Waals surface area contributed by atoms with Gasteiger partial charge < -0.3 is 9.84 Å². The van der Waals surface area contributed by atoms with Gasteiger partial charge >= 0.3 is 6.18 Å². The number of likely N-dealkylation sites (tertiary alicyclic amines) is 1. The minimum atomic E-state index is -4.74. The number of rotatable bonds is 8. The Morgan fingerprint density at radius 1 is 0.977 bits per heavy atom. The largest absolute Gasteiger partial charge is 0.508 e. The summed E-state index contributed by atoms with van der Waals surface area (Å²) in [5.41, 5.74) is 2.15. The van der Waals surface area contributed by atoms with Crippen molar-refractivity contribution in [1.82, 2.24) is 9.88 Å². The van der Waals surface area contributed by atoms with Gasteiger partial charge in [0.2, 0.25) is 0 Å². The van der Waals surface area contributed by atoms with E-state index < -0.39 is 23.3 Å². The minimum absolute atomic E-state index is 0.0324. The topological polar surface area (TPSA) is 62.7 Å². The highest BCUT2D eigenvalue weighted by atomic mass is 19.4. The van der Waals surface area contributed by atoms with Crippen molar-refractivity contribution in [2.45, 2.75) is 6.18 Å². The first-order chi connectivity index (χ1) is 20.3. The summed E-state index contributed by atoms with van der Waals surface area (Å²) in [6.45, 7) is 2.10. The molecule has 1 aliphatic rings. The zero-order valence-corrected chi connectivity index (χ0v) is 24.2. The zero-order chi connectivity index (χ0) is 31.2. The van der Waals surface area contributed by atoms with Crippen LogP contribution < -0.4 is 26.6 Å². The smallest absolute Gasteiger partial charge is 0.416 e. The van der Waals surface area contributed by atoms with Crippen LogP contribution in [-0.2, 0) is 6.18 Å². The Labute approximate surface area is 249 Å². The van der Waals surface area contributed by atoms with Gasteiger partial charge in [0.25, 0.3) is 0 Å². The number of ether oxygens (including phenoxy) is 1. The molecule has 4 aromatic rings. The third kappa shape index (κ3) is 5.77. The lowest BCUT2D eigenvalue weighted by Crippen LogP contribution is -2.50. The van der Waals surface area contributed by atoms with E-state index in [1.165, 1.54) is 24.4 Å². The quantitative estimate of drug-likeness (QED) is 0.168. The van der Waals surface area contributed by atoms with E-state index in [0.717, 1.165) is 23.1 Å². The number of aromatic nitrogens is 1. The van der Waals surface area contributed by atoms with Gasteiger partial charge in [-0.2, -0.15) is 13.2 Å². The molecule has 0 atom stereocenters. The second-order valence-electron chi connectivity index (χ2n) is 11.1. The fourth-order valence-corrected chi connectivity index (χ4v) is 5.73. The molecule has 0 bridgehead atoms. The summed E-state index contributed by atoms with van der Waals surface area (Å²) in [6.07, 6.45) is -3.50. The molecule has 0 aliphatic carbocycles. The van der Waals surface area contributed by atoms with Crippen LogP contribution in [0.2, 0.25) is 0 Å². The number of carbonyl (C=O) groups excluding carboxylic acids is 1. The second kappa shape index (κ2) is 11.7. The molecule has 3 aromatic carbocycles. The number of carbonyl (C=O) groups is 1. The average Bonchev–Trinajstić information content (AvgIpc) is 2.93. The van der Waals surface area contributed by atoms with Crippen molar-refractivity contribution in [3.63, 3.8) is 0 Å². The Hall–Kier alpha value is -3.79. The molecule has 1 aromatic heterocycles. The Bertz CT molecular complexity index is 1720. The van der Waals surface area contributed by atoms with E-state index in [1.807, 2.05) is 15.7 Å². The van der Waals surface area contributed by atoms with E-state index in [0.29, 0.717) is 59.9 Å². The van der Waals surface area contributed by atoms with Crippen LogP contribution in [0.15, 0.2) is 42.6 Å². The zero-order valence-electron chi connectivity index (χ0n) is 24.2. The number of hydrogen-bond acceptors (Lipinski definition) is 5. The molecule has 43 heavy (non-hydrogen) atoms. The molecule has 1 N–H and O–H groups in total. The first-order valence-electron chi connectivity index (χ1n) is 13.9. The van der Waals surface area contributed by atoms with E-state index in [-0.39, 0.29) is 40.5 Å². The van der Waals surface area contributed by atoms with Gasteiger partial charge in [0.05, 0.1) is 17.8 Å². The highest BCUT2D eigenvalue weighted by Crippen LogP contribution is 2.36. The molecule has 0 saturated carbocycles. The van der Waals surface area contributed by atoms with E-state index in [2.05, 4.69) is 9.88 Å². The molecule has 2 heterocycles. The van der Waals surface area contributed by atoms with Crippen molar-refractivity contribution in [2.24, 2.45) is 5.92 Å². The van der Waals surface area contributed by atoms with E-state index in [4.69, 9.17) is 4.74 Å². The van der Waals surface area contributed by atoms with Crippen LogP contribution in [0.5, 0.6) is 11.5 Å². The standard InChI is InChI=1S/C29H27B4F5N2O3/c30-23-22(24(31)26(33)28(25(23)32)43-6-5-40-11-13(9-34)12-40)27(42)21-17-4-2-15(41)8-20(17)39-10-18(21)16-3-1-14(7-19(16)35)29(36,37)38/h1-4,7-8,10,13,41H,5-6,9,11-12,30-33H2. The van der Waals surface area contributed by atoms with Gasteiger partial charge in [-0.3, -0.25) is 19.1 Å². The maximum atomic E-state index is 15.2. The lowest BCUT2D eigenvalue weighted by atomic mass is 9.65. The van der Waals surface area contributed by atoms with Gasteiger partial charge in [-0.1, -0.05) is 27.9 Å². The van der Waals surface area contributed by atoms with Crippen molar-refractivity contribution in [1.29, 1.82) is 0 Å². The summed E-state index contributed by atoms with van der Waals surface area (Å²) in [5, 5.41) is 10.3. The average molecular weight is 590 g/mol. The van der Waals surface area contributed by atoms with Gasteiger partial charge in [0.15, 0.2) is 5.78 Å². The molecule has 0 unspecified atom stereocenters. The number of hydrogen-bond donors (Lipinski definition) is 1. The van der Waals surface area contributed by atoms with Crippen LogP contribution in [0.25, 0.3) is 22.0 Å². The lowest BCUT2D eigenvalue weighted by molar-refractivity contribution is -0.137. The molecule has 5 nitrogen and oxygen atoms in total. The van der Waals surface area contributed by atoms with Gasteiger partial charge in [-0.15, -0.1) is 0 Å². The maximum absolute atomic E-state index is 15.2. The lowest BCUT2D eigenvalue weighted by Gasteiger charge is -2.37. The third-order valence-corrected chi connectivity index (χ3v) is 8.35. The molecule has 218 valence electrons. The van der Waals surface area contributed by atoms with Gasteiger partial charge in [-0.05, 0) is 24.3 Å². The summed E-state index contributed by atoms with van der Waals surface area (Å²) in [5.74, 6) is -0.975. The van der Waals surface area contributed by atoms with Crippen molar-refractivity contribution >= 4 is 69.9 Å². The summed E-state index contributed by atoms with van der Waals surface area (Å²) in [4.78, 5) is 20.9. The number of ketones is 1. The SMILES string of the molecule is Bc1c(B)c(C(=O)c2c(-c3ccc(C(F)(F)F)cc3F)cnc3cc(O)ccc23)c(B)c(B)c1OCCN1CC(CF)C1. The van der Waals surface area contributed by atoms with Crippen LogP contribution in [0.1, 0.15) is 21.5 Å². The number of aromatic hydroxyl groups is 1. The molecule has 0 amide bonds. The Kier molecular flexibility index (Phi) is 8.35. The van der Waals surface area contributed by atoms with Crippen LogP contribution in [0.4, 0.5) is 22.0 Å².